The lowest BCUT2D eigenvalue weighted by molar-refractivity contribution is 0.559. The monoisotopic (exact) mass is 343 g/mol. The lowest BCUT2D eigenvalue weighted by atomic mass is 10.2. The first-order chi connectivity index (χ1) is 12.8. The molecule has 0 aliphatic rings. The van der Waals surface area contributed by atoms with E-state index >= 15 is 0 Å². The van der Waals surface area contributed by atoms with Gasteiger partial charge in [0, 0.05) is 35.6 Å². The van der Waals surface area contributed by atoms with Crippen molar-refractivity contribution in [1.29, 1.82) is 0 Å². The van der Waals surface area contributed by atoms with E-state index < -0.39 is 0 Å². The average molecular weight is 343 g/mol. The first-order valence-electron chi connectivity index (χ1n) is 8.72. The molecule has 0 unspecified atom stereocenters. The van der Waals surface area contributed by atoms with Crippen LogP contribution in [0, 0.1) is 0 Å². The molecule has 0 saturated heterocycles. The second-order valence-electron chi connectivity index (χ2n) is 6.28. The SMILES string of the molecule is C[C@H](NCc1cnc(-c2ccccc2)[nH]1)c1cnc(-c2ccccc2)[nH]1. The van der Waals surface area contributed by atoms with Crippen molar-refractivity contribution in [2.24, 2.45) is 0 Å². The van der Waals surface area contributed by atoms with E-state index in [0.717, 1.165) is 34.2 Å². The molecule has 0 saturated carbocycles. The van der Waals surface area contributed by atoms with Gasteiger partial charge in [-0.1, -0.05) is 60.7 Å². The highest BCUT2D eigenvalue weighted by atomic mass is 15.0. The maximum Gasteiger partial charge on any atom is 0.137 e. The molecule has 0 radical (unpaired) electrons. The van der Waals surface area contributed by atoms with Gasteiger partial charge >= 0.3 is 0 Å². The predicted octanol–water partition coefficient (Wildman–Crippen LogP) is 4.32. The Morgan fingerprint density at radius 1 is 0.808 bits per heavy atom. The second kappa shape index (κ2) is 7.37. The van der Waals surface area contributed by atoms with Gasteiger partial charge < -0.3 is 15.3 Å². The van der Waals surface area contributed by atoms with E-state index in [4.69, 9.17) is 0 Å². The summed E-state index contributed by atoms with van der Waals surface area (Å²) in [6, 6.07) is 20.4. The molecule has 5 heteroatoms. The summed E-state index contributed by atoms with van der Waals surface area (Å²) in [4.78, 5) is 15.7. The Morgan fingerprint density at radius 2 is 1.38 bits per heavy atom. The molecule has 4 rings (SSSR count). The second-order valence-corrected chi connectivity index (χ2v) is 6.28. The molecule has 0 fully saturated rings. The number of H-pyrrole nitrogens is 2. The third kappa shape index (κ3) is 3.58. The maximum atomic E-state index is 4.49. The Hall–Kier alpha value is -3.18. The number of rotatable bonds is 6. The van der Waals surface area contributed by atoms with Crippen molar-refractivity contribution < 1.29 is 0 Å². The number of imidazole rings is 2. The van der Waals surface area contributed by atoms with E-state index in [-0.39, 0.29) is 6.04 Å². The molecule has 5 nitrogen and oxygen atoms in total. The number of hydrogen-bond acceptors (Lipinski definition) is 3. The third-order valence-corrected chi connectivity index (χ3v) is 4.38. The fourth-order valence-corrected chi connectivity index (χ4v) is 2.86. The molecule has 3 N–H and O–H groups in total. The molecule has 0 amide bonds. The molecule has 26 heavy (non-hydrogen) atoms. The minimum Gasteiger partial charge on any atom is -0.341 e. The van der Waals surface area contributed by atoms with Gasteiger partial charge in [0.05, 0.1) is 11.9 Å². The number of hydrogen-bond donors (Lipinski definition) is 3. The predicted molar refractivity (Wildman–Crippen MR) is 103 cm³/mol. The molecule has 2 heterocycles. The minimum atomic E-state index is 0.156. The molecular formula is C21H21N5. The maximum absolute atomic E-state index is 4.49. The minimum absolute atomic E-state index is 0.156. The molecule has 1 atom stereocenters. The molecule has 130 valence electrons. The van der Waals surface area contributed by atoms with Crippen LogP contribution in [0.1, 0.15) is 24.4 Å². The van der Waals surface area contributed by atoms with Crippen LogP contribution in [0.5, 0.6) is 0 Å². The largest absolute Gasteiger partial charge is 0.341 e. The summed E-state index contributed by atoms with van der Waals surface area (Å²) >= 11 is 0. The smallest absolute Gasteiger partial charge is 0.137 e. The van der Waals surface area contributed by atoms with E-state index in [1.807, 2.05) is 60.9 Å². The average Bonchev–Trinajstić information content (AvgIpc) is 3.37. The molecular weight excluding hydrogens is 322 g/mol. The number of benzene rings is 2. The topological polar surface area (TPSA) is 69.4 Å². The highest BCUT2D eigenvalue weighted by molar-refractivity contribution is 5.55. The summed E-state index contributed by atoms with van der Waals surface area (Å²) in [5.74, 6) is 1.78. The van der Waals surface area contributed by atoms with Crippen molar-refractivity contribution in [2.45, 2.75) is 19.5 Å². The molecule has 2 aromatic carbocycles. The normalized spacial score (nSPS) is 12.2. The van der Waals surface area contributed by atoms with E-state index in [0.29, 0.717) is 6.54 Å². The van der Waals surface area contributed by atoms with Crippen LogP contribution in [0.4, 0.5) is 0 Å². The summed E-state index contributed by atoms with van der Waals surface area (Å²) in [5.41, 5.74) is 4.30. The molecule has 4 aromatic rings. The summed E-state index contributed by atoms with van der Waals surface area (Å²) in [6.45, 7) is 2.83. The lowest BCUT2D eigenvalue weighted by Crippen LogP contribution is -2.18. The molecule has 0 spiro atoms. The van der Waals surface area contributed by atoms with Crippen LogP contribution in [0.15, 0.2) is 73.1 Å². The molecule has 2 aromatic heterocycles. The van der Waals surface area contributed by atoms with E-state index in [9.17, 15) is 0 Å². The third-order valence-electron chi connectivity index (χ3n) is 4.38. The zero-order chi connectivity index (χ0) is 17.8. The van der Waals surface area contributed by atoms with E-state index in [2.05, 4.69) is 44.3 Å². The zero-order valence-corrected chi connectivity index (χ0v) is 14.6. The van der Waals surface area contributed by atoms with Gasteiger partial charge in [-0.15, -0.1) is 0 Å². The van der Waals surface area contributed by atoms with Gasteiger partial charge in [0.1, 0.15) is 11.6 Å². The number of aromatic nitrogens is 4. The zero-order valence-electron chi connectivity index (χ0n) is 14.6. The highest BCUT2D eigenvalue weighted by Crippen LogP contribution is 2.19. The van der Waals surface area contributed by atoms with Crippen LogP contribution in [-0.2, 0) is 6.54 Å². The fourth-order valence-electron chi connectivity index (χ4n) is 2.86. The quantitative estimate of drug-likeness (QED) is 0.488. The lowest BCUT2D eigenvalue weighted by Gasteiger charge is -2.10. The van der Waals surface area contributed by atoms with Crippen molar-refractivity contribution in [3.05, 3.63) is 84.4 Å². The number of nitrogens with zero attached hydrogens (tertiary/aromatic N) is 2. The van der Waals surface area contributed by atoms with E-state index in [1.165, 1.54) is 0 Å². The van der Waals surface area contributed by atoms with Gasteiger partial charge in [0.15, 0.2) is 0 Å². The van der Waals surface area contributed by atoms with Gasteiger partial charge in [-0.25, -0.2) is 9.97 Å². The van der Waals surface area contributed by atoms with Gasteiger partial charge in [-0.3, -0.25) is 0 Å². The van der Waals surface area contributed by atoms with E-state index in [1.54, 1.807) is 0 Å². The van der Waals surface area contributed by atoms with Crippen molar-refractivity contribution in [1.82, 2.24) is 25.3 Å². The van der Waals surface area contributed by atoms with Crippen molar-refractivity contribution >= 4 is 0 Å². The molecule has 0 bridgehead atoms. The Kier molecular flexibility index (Phi) is 4.62. The number of nitrogens with one attached hydrogen (secondary N) is 3. The summed E-state index contributed by atoms with van der Waals surface area (Å²) in [7, 11) is 0. The van der Waals surface area contributed by atoms with Crippen LogP contribution in [0.25, 0.3) is 22.8 Å². The van der Waals surface area contributed by atoms with Crippen LogP contribution in [0.3, 0.4) is 0 Å². The Bertz CT molecular complexity index is 956. The van der Waals surface area contributed by atoms with Crippen LogP contribution < -0.4 is 5.32 Å². The van der Waals surface area contributed by atoms with Gasteiger partial charge in [-0.05, 0) is 6.92 Å². The van der Waals surface area contributed by atoms with Crippen molar-refractivity contribution in [3.63, 3.8) is 0 Å². The Balaban J connectivity index is 1.39. The van der Waals surface area contributed by atoms with Gasteiger partial charge in [0.25, 0.3) is 0 Å². The standard InChI is InChI=1S/C21H21N5/c1-15(19-14-24-21(26-19)17-10-6-3-7-11-17)22-12-18-13-23-20(25-18)16-8-4-2-5-9-16/h2-11,13-15,22H,12H2,1H3,(H,23,25)(H,24,26)/t15-/m0/s1. The summed E-state index contributed by atoms with van der Waals surface area (Å²) in [5, 5.41) is 3.50. The van der Waals surface area contributed by atoms with Crippen LogP contribution >= 0.6 is 0 Å². The fraction of sp³-hybridized carbons (Fsp3) is 0.143. The summed E-state index contributed by atoms with van der Waals surface area (Å²) in [6.07, 6.45) is 3.77. The van der Waals surface area contributed by atoms with Gasteiger partial charge in [-0.2, -0.15) is 0 Å². The summed E-state index contributed by atoms with van der Waals surface area (Å²) < 4.78 is 0. The Labute approximate surface area is 152 Å². The molecule has 0 aliphatic heterocycles. The van der Waals surface area contributed by atoms with Crippen molar-refractivity contribution in [3.8, 4) is 22.8 Å². The number of aromatic amines is 2. The highest BCUT2D eigenvalue weighted by Gasteiger charge is 2.10. The first kappa shape index (κ1) is 16.3. The van der Waals surface area contributed by atoms with Crippen LogP contribution in [0.2, 0.25) is 0 Å². The van der Waals surface area contributed by atoms with Crippen LogP contribution in [-0.4, -0.2) is 19.9 Å². The Morgan fingerprint density at radius 3 is 2.04 bits per heavy atom. The van der Waals surface area contributed by atoms with Gasteiger partial charge in [0.2, 0.25) is 0 Å². The van der Waals surface area contributed by atoms with Crippen molar-refractivity contribution in [2.75, 3.05) is 0 Å². The molecule has 0 aliphatic carbocycles. The first-order valence-corrected chi connectivity index (χ1v) is 8.72.